The molecule has 0 aliphatic rings. The Labute approximate surface area is 156 Å². The van der Waals surface area contributed by atoms with Gasteiger partial charge in [-0.2, -0.15) is 0 Å². The lowest BCUT2D eigenvalue weighted by Crippen LogP contribution is -2.37. The molecule has 2 aromatic carbocycles. The summed E-state index contributed by atoms with van der Waals surface area (Å²) < 4.78 is 5.50. The van der Waals surface area contributed by atoms with Gasteiger partial charge in [0.05, 0.1) is 4.92 Å². The number of hydrogen-bond donors (Lipinski definition) is 2. The SMILES string of the molecule is Cc1ccc(C)c(OCC(=O)NC(=S)Nc2ccc(C)cc2[N+](=O)[O-])c1. The van der Waals surface area contributed by atoms with E-state index in [9.17, 15) is 14.9 Å². The Hall–Kier alpha value is -3.00. The Bertz CT molecular complexity index is 868. The molecule has 0 radical (unpaired) electrons. The summed E-state index contributed by atoms with van der Waals surface area (Å²) >= 11 is 5.05. The fourth-order valence-electron chi connectivity index (χ4n) is 2.22. The highest BCUT2D eigenvalue weighted by molar-refractivity contribution is 7.80. The smallest absolute Gasteiger partial charge is 0.292 e. The zero-order chi connectivity index (χ0) is 19.3. The molecule has 7 nitrogen and oxygen atoms in total. The van der Waals surface area contributed by atoms with Crippen LogP contribution in [0.2, 0.25) is 0 Å². The lowest BCUT2D eigenvalue weighted by atomic mass is 10.1. The zero-order valence-corrected chi connectivity index (χ0v) is 15.5. The van der Waals surface area contributed by atoms with Crippen molar-refractivity contribution in [2.24, 2.45) is 0 Å². The van der Waals surface area contributed by atoms with Gasteiger partial charge in [-0.3, -0.25) is 20.2 Å². The molecule has 136 valence electrons. The van der Waals surface area contributed by atoms with Crippen LogP contribution in [0.3, 0.4) is 0 Å². The molecule has 0 unspecified atom stereocenters. The van der Waals surface area contributed by atoms with Crippen molar-refractivity contribution in [1.82, 2.24) is 5.32 Å². The first-order valence-electron chi connectivity index (χ1n) is 7.82. The quantitative estimate of drug-likeness (QED) is 0.474. The van der Waals surface area contributed by atoms with Crippen LogP contribution >= 0.6 is 12.2 Å². The van der Waals surface area contributed by atoms with Gasteiger partial charge in [0, 0.05) is 6.07 Å². The first-order chi connectivity index (χ1) is 12.3. The van der Waals surface area contributed by atoms with Crippen molar-refractivity contribution in [3.8, 4) is 5.75 Å². The van der Waals surface area contributed by atoms with Gasteiger partial charge >= 0.3 is 0 Å². The summed E-state index contributed by atoms with van der Waals surface area (Å²) in [5.41, 5.74) is 2.78. The number of nitro groups is 1. The van der Waals surface area contributed by atoms with Gasteiger partial charge in [0.15, 0.2) is 11.7 Å². The second kappa shape index (κ2) is 8.39. The maximum Gasteiger partial charge on any atom is 0.292 e. The number of hydrogen-bond acceptors (Lipinski definition) is 5. The third-order valence-corrected chi connectivity index (χ3v) is 3.76. The second-order valence-corrected chi connectivity index (χ2v) is 6.25. The summed E-state index contributed by atoms with van der Waals surface area (Å²) in [6.07, 6.45) is 0. The van der Waals surface area contributed by atoms with Gasteiger partial charge in [0.1, 0.15) is 11.4 Å². The predicted molar refractivity (Wildman–Crippen MR) is 104 cm³/mol. The lowest BCUT2D eigenvalue weighted by Gasteiger charge is -2.12. The maximum atomic E-state index is 12.0. The minimum atomic E-state index is -0.511. The second-order valence-electron chi connectivity index (χ2n) is 5.84. The van der Waals surface area contributed by atoms with Gasteiger partial charge in [-0.05, 0) is 61.8 Å². The first-order valence-corrected chi connectivity index (χ1v) is 8.23. The van der Waals surface area contributed by atoms with E-state index in [1.165, 1.54) is 6.07 Å². The maximum absolute atomic E-state index is 12.0. The first kappa shape index (κ1) is 19.3. The molecule has 8 heteroatoms. The molecule has 0 bridgehead atoms. The van der Waals surface area contributed by atoms with Gasteiger partial charge in [-0.25, -0.2) is 0 Å². The molecule has 0 fully saturated rings. The minimum absolute atomic E-state index is 0.0356. The van der Waals surface area contributed by atoms with Gasteiger partial charge < -0.3 is 10.1 Å². The number of amides is 1. The van der Waals surface area contributed by atoms with E-state index in [1.807, 2.05) is 32.0 Å². The Morgan fingerprint density at radius 1 is 1.15 bits per heavy atom. The number of benzene rings is 2. The molecule has 2 rings (SSSR count). The van der Waals surface area contributed by atoms with Crippen molar-refractivity contribution in [3.63, 3.8) is 0 Å². The molecule has 0 saturated heterocycles. The van der Waals surface area contributed by atoms with E-state index in [0.29, 0.717) is 5.75 Å². The van der Waals surface area contributed by atoms with Gasteiger partial charge in [0.25, 0.3) is 11.6 Å². The highest BCUT2D eigenvalue weighted by Crippen LogP contribution is 2.25. The lowest BCUT2D eigenvalue weighted by molar-refractivity contribution is -0.383. The van der Waals surface area contributed by atoms with Gasteiger partial charge in [-0.1, -0.05) is 18.2 Å². The monoisotopic (exact) mass is 373 g/mol. The summed E-state index contributed by atoms with van der Waals surface area (Å²) in [4.78, 5) is 22.6. The number of aryl methyl sites for hydroxylation is 3. The molecule has 0 aliphatic heterocycles. The minimum Gasteiger partial charge on any atom is -0.483 e. The number of rotatable bonds is 5. The summed E-state index contributed by atoms with van der Waals surface area (Å²) in [6.45, 7) is 5.35. The fraction of sp³-hybridized carbons (Fsp3) is 0.222. The molecule has 0 aliphatic carbocycles. The van der Waals surface area contributed by atoms with Crippen molar-refractivity contribution < 1.29 is 14.5 Å². The van der Waals surface area contributed by atoms with E-state index in [1.54, 1.807) is 19.1 Å². The van der Waals surface area contributed by atoms with Crippen LogP contribution < -0.4 is 15.4 Å². The number of anilines is 1. The molecule has 26 heavy (non-hydrogen) atoms. The van der Waals surface area contributed by atoms with Crippen LogP contribution in [0, 0.1) is 30.9 Å². The molecule has 1 amide bonds. The van der Waals surface area contributed by atoms with Crippen molar-refractivity contribution >= 4 is 34.6 Å². The van der Waals surface area contributed by atoms with E-state index < -0.39 is 10.8 Å². The number of carbonyl (C=O) groups is 1. The number of ether oxygens (including phenoxy) is 1. The number of nitro benzene ring substituents is 1. The van der Waals surface area contributed by atoms with Crippen molar-refractivity contribution in [2.45, 2.75) is 20.8 Å². The van der Waals surface area contributed by atoms with E-state index in [2.05, 4.69) is 10.6 Å². The summed E-state index contributed by atoms with van der Waals surface area (Å²) in [5.74, 6) is 0.159. The molecule has 0 heterocycles. The average Bonchev–Trinajstić information content (AvgIpc) is 2.57. The third kappa shape index (κ3) is 5.25. The van der Waals surface area contributed by atoms with E-state index >= 15 is 0 Å². The average molecular weight is 373 g/mol. The number of nitrogens with zero attached hydrogens (tertiary/aromatic N) is 1. The van der Waals surface area contributed by atoms with Gasteiger partial charge in [0.2, 0.25) is 0 Å². The molecule has 2 aromatic rings. The summed E-state index contributed by atoms with van der Waals surface area (Å²) in [5, 5.41) is 16.2. The summed E-state index contributed by atoms with van der Waals surface area (Å²) in [7, 11) is 0. The van der Waals surface area contributed by atoms with Crippen LogP contribution in [0.4, 0.5) is 11.4 Å². The molecule has 2 N–H and O–H groups in total. The van der Waals surface area contributed by atoms with Crippen LogP contribution in [0.15, 0.2) is 36.4 Å². The van der Waals surface area contributed by atoms with Crippen molar-refractivity contribution in [1.29, 1.82) is 0 Å². The van der Waals surface area contributed by atoms with E-state index in [4.69, 9.17) is 17.0 Å². The standard InChI is InChI=1S/C18H19N3O4S/c1-11-5-7-14(15(8-11)21(23)24)19-18(26)20-17(22)10-25-16-9-12(2)4-6-13(16)3/h4-9H,10H2,1-3H3,(H2,19,20,22,26). The Morgan fingerprint density at radius 3 is 2.50 bits per heavy atom. The normalized spacial score (nSPS) is 10.1. The van der Waals surface area contributed by atoms with E-state index in [0.717, 1.165) is 16.7 Å². The molecular formula is C18H19N3O4S. The van der Waals surface area contributed by atoms with Gasteiger partial charge in [-0.15, -0.1) is 0 Å². The van der Waals surface area contributed by atoms with Crippen molar-refractivity contribution in [2.75, 3.05) is 11.9 Å². The van der Waals surface area contributed by atoms with Crippen LogP contribution in [0.1, 0.15) is 16.7 Å². The van der Waals surface area contributed by atoms with Crippen LogP contribution in [-0.2, 0) is 4.79 Å². The largest absolute Gasteiger partial charge is 0.483 e. The third-order valence-electron chi connectivity index (χ3n) is 3.55. The number of nitrogens with one attached hydrogen (secondary N) is 2. The van der Waals surface area contributed by atoms with Crippen molar-refractivity contribution in [3.05, 3.63) is 63.2 Å². The molecule has 0 atom stereocenters. The fourth-order valence-corrected chi connectivity index (χ4v) is 2.44. The van der Waals surface area contributed by atoms with Crippen LogP contribution in [0.5, 0.6) is 5.75 Å². The van der Waals surface area contributed by atoms with Crippen LogP contribution in [-0.4, -0.2) is 22.5 Å². The topological polar surface area (TPSA) is 93.5 Å². The predicted octanol–water partition coefficient (Wildman–Crippen LogP) is 3.41. The van der Waals surface area contributed by atoms with E-state index in [-0.39, 0.29) is 23.1 Å². The summed E-state index contributed by atoms with van der Waals surface area (Å²) in [6, 6.07) is 10.4. The Morgan fingerprint density at radius 2 is 1.81 bits per heavy atom. The Kier molecular flexibility index (Phi) is 6.24. The number of thiocarbonyl (C=S) groups is 1. The zero-order valence-electron chi connectivity index (χ0n) is 14.7. The number of carbonyl (C=O) groups excluding carboxylic acids is 1. The Balaban J connectivity index is 1.94. The molecule has 0 spiro atoms. The highest BCUT2D eigenvalue weighted by Gasteiger charge is 2.15. The molecular weight excluding hydrogens is 354 g/mol. The van der Waals surface area contributed by atoms with Crippen LogP contribution in [0.25, 0.3) is 0 Å². The molecule has 0 saturated carbocycles. The molecule has 0 aromatic heterocycles. The highest BCUT2D eigenvalue weighted by atomic mass is 32.1.